The fraction of sp³-hybridized carbons (Fsp3) is 0.0606. The molecule has 0 N–H and O–H groups in total. The largest absolute Gasteiger partial charge is 0.485 e. The Balaban J connectivity index is 1.39. The van der Waals surface area contributed by atoms with Gasteiger partial charge in [-0.3, -0.25) is 4.98 Å². The van der Waals surface area contributed by atoms with Crippen LogP contribution in [0.4, 0.5) is 0 Å². The third kappa shape index (κ3) is 5.70. The predicted octanol–water partition coefficient (Wildman–Crippen LogP) is 7.15. The van der Waals surface area contributed by atoms with Gasteiger partial charge >= 0.3 is 0 Å². The van der Waals surface area contributed by atoms with Crippen LogP contribution in [0.1, 0.15) is 11.1 Å². The van der Waals surface area contributed by atoms with Gasteiger partial charge in [0.05, 0.1) is 23.3 Å². The Kier molecular flexibility index (Phi) is 7.08. The van der Waals surface area contributed by atoms with Gasteiger partial charge in [-0.2, -0.15) is 5.10 Å². The average Bonchev–Trinajstić information content (AvgIpc) is 3.47. The lowest BCUT2D eigenvalue weighted by Crippen LogP contribution is -2.04. The van der Waals surface area contributed by atoms with E-state index in [-0.39, 0.29) is 0 Å². The Hall–Kier alpha value is -5.23. The number of benzene rings is 3. The lowest BCUT2D eigenvalue weighted by molar-refractivity contribution is 0.255. The number of hydrogen-bond donors (Lipinski definition) is 0. The molecule has 6 rings (SSSR count). The molecule has 6 heteroatoms. The quantitative estimate of drug-likeness (QED) is 0.207. The van der Waals surface area contributed by atoms with Crippen LogP contribution in [0.15, 0.2) is 134 Å². The maximum Gasteiger partial charge on any atom is 0.179 e. The van der Waals surface area contributed by atoms with Gasteiger partial charge in [-0.1, -0.05) is 97.1 Å². The minimum absolute atomic E-state index is 0.404. The van der Waals surface area contributed by atoms with Crippen LogP contribution >= 0.6 is 0 Å². The Bertz CT molecular complexity index is 1640. The van der Waals surface area contributed by atoms with Crippen LogP contribution in [0, 0.1) is 0 Å². The molecule has 0 aliphatic carbocycles. The summed E-state index contributed by atoms with van der Waals surface area (Å²) in [6.45, 7) is 0.814. The van der Waals surface area contributed by atoms with Crippen LogP contribution in [0.2, 0.25) is 0 Å². The first kappa shape index (κ1) is 24.1. The van der Waals surface area contributed by atoms with Crippen LogP contribution < -0.4 is 9.47 Å². The van der Waals surface area contributed by atoms with Crippen molar-refractivity contribution >= 4 is 0 Å². The molecule has 0 aliphatic rings. The highest BCUT2D eigenvalue weighted by atomic mass is 16.5. The van der Waals surface area contributed by atoms with E-state index < -0.39 is 0 Å². The fourth-order valence-corrected chi connectivity index (χ4v) is 4.22. The second kappa shape index (κ2) is 11.4. The second-order valence-electron chi connectivity index (χ2n) is 8.95. The molecule has 0 fully saturated rings. The zero-order valence-electron chi connectivity index (χ0n) is 21.2. The molecule has 6 nitrogen and oxygen atoms in total. The SMILES string of the molecule is c1ccc(COc2cnc(-c3cc(-c4ccccc4)nn3-c3ccccn3)cc2OCc2ccccc2)cc1. The van der Waals surface area contributed by atoms with Crippen molar-refractivity contribution in [2.45, 2.75) is 13.2 Å². The highest BCUT2D eigenvalue weighted by Gasteiger charge is 2.18. The Morgan fingerprint density at radius 2 is 1.18 bits per heavy atom. The van der Waals surface area contributed by atoms with Crippen molar-refractivity contribution in [3.05, 3.63) is 145 Å². The third-order valence-electron chi connectivity index (χ3n) is 6.21. The summed E-state index contributed by atoms with van der Waals surface area (Å²) in [4.78, 5) is 9.31. The number of nitrogens with zero attached hydrogens (tertiary/aromatic N) is 4. The first-order valence-corrected chi connectivity index (χ1v) is 12.7. The van der Waals surface area contributed by atoms with Crippen LogP contribution in [-0.2, 0) is 13.2 Å². The van der Waals surface area contributed by atoms with Gasteiger partial charge < -0.3 is 9.47 Å². The average molecular weight is 511 g/mol. The molecule has 3 aromatic heterocycles. The van der Waals surface area contributed by atoms with E-state index >= 15 is 0 Å². The van der Waals surface area contributed by atoms with Crippen LogP contribution in [-0.4, -0.2) is 19.7 Å². The Labute approximate surface area is 227 Å². The highest BCUT2D eigenvalue weighted by Crippen LogP contribution is 2.34. The molecule has 3 heterocycles. The number of aromatic nitrogens is 4. The van der Waals surface area contributed by atoms with Gasteiger partial charge in [-0.15, -0.1) is 0 Å². The summed E-state index contributed by atoms with van der Waals surface area (Å²) in [7, 11) is 0. The molecule has 0 saturated heterocycles. The summed E-state index contributed by atoms with van der Waals surface area (Å²) in [5, 5.41) is 4.89. The third-order valence-corrected chi connectivity index (χ3v) is 6.21. The van der Waals surface area contributed by atoms with Crippen LogP contribution in [0.3, 0.4) is 0 Å². The lowest BCUT2D eigenvalue weighted by atomic mass is 10.1. The van der Waals surface area contributed by atoms with Gasteiger partial charge in [-0.25, -0.2) is 9.67 Å². The van der Waals surface area contributed by atoms with Crippen LogP contribution in [0.25, 0.3) is 28.5 Å². The first-order valence-electron chi connectivity index (χ1n) is 12.7. The predicted molar refractivity (Wildman–Crippen MR) is 152 cm³/mol. The van der Waals surface area contributed by atoms with E-state index in [1.165, 1.54) is 0 Å². The molecule has 0 bridgehead atoms. The summed E-state index contributed by atoms with van der Waals surface area (Å²) in [6, 6.07) is 39.9. The van der Waals surface area contributed by atoms with Crippen molar-refractivity contribution in [1.82, 2.24) is 19.7 Å². The minimum atomic E-state index is 0.404. The van der Waals surface area contributed by atoms with E-state index in [2.05, 4.69) is 4.98 Å². The lowest BCUT2D eigenvalue weighted by Gasteiger charge is -2.14. The van der Waals surface area contributed by atoms with Gasteiger partial charge in [0, 0.05) is 17.8 Å². The molecule has 39 heavy (non-hydrogen) atoms. The fourth-order valence-electron chi connectivity index (χ4n) is 4.22. The van der Waals surface area contributed by atoms with Crippen molar-refractivity contribution in [3.63, 3.8) is 0 Å². The molecule has 0 amide bonds. The number of hydrogen-bond acceptors (Lipinski definition) is 5. The molecule has 0 saturated carbocycles. The van der Waals surface area contributed by atoms with Crippen molar-refractivity contribution in [2.75, 3.05) is 0 Å². The summed E-state index contributed by atoms with van der Waals surface area (Å²) in [5.41, 5.74) is 5.47. The molecule has 0 unspecified atom stereocenters. The van der Waals surface area contributed by atoms with E-state index in [9.17, 15) is 0 Å². The maximum atomic E-state index is 6.30. The van der Waals surface area contributed by atoms with E-state index in [4.69, 9.17) is 19.6 Å². The normalized spacial score (nSPS) is 10.8. The minimum Gasteiger partial charge on any atom is -0.485 e. The second-order valence-corrected chi connectivity index (χ2v) is 8.95. The summed E-state index contributed by atoms with van der Waals surface area (Å²) in [6.07, 6.45) is 3.47. The van der Waals surface area contributed by atoms with Gasteiger partial charge in [-0.05, 0) is 29.3 Å². The molecular weight excluding hydrogens is 484 g/mol. The molecule has 190 valence electrons. The number of pyridine rings is 2. The molecule has 6 aromatic rings. The Morgan fingerprint density at radius 1 is 0.564 bits per heavy atom. The molecule has 0 radical (unpaired) electrons. The van der Waals surface area contributed by atoms with Gasteiger partial charge in [0.15, 0.2) is 17.3 Å². The summed E-state index contributed by atoms with van der Waals surface area (Å²) in [5.74, 6) is 1.88. The number of ether oxygens (including phenoxy) is 2. The Morgan fingerprint density at radius 3 is 1.82 bits per heavy atom. The van der Waals surface area contributed by atoms with Crippen molar-refractivity contribution < 1.29 is 9.47 Å². The molecular formula is C33H26N4O2. The highest BCUT2D eigenvalue weighted by molar-refractivity contribution is 5.69. The zero-order valence-corrected chi connectivity index (χ0v) is 21.2. The van der Waals surface area contributed by atoms with Crippen molar-refractivity contribution in [3.8, 4) is 40.0 Å². The maximum absolute atomic E-state index is 6.30. The first-order chi connectivity index (χ1) is 19.3. The van der Waals surface area contributed by atoms with Crippen LogP contribution in [0.5, 0.6) is 11.5 Å². The molecule has 0 spiro atoms. The monoisotopic (exact) mass is 510 g/mol. The molecule has 3 aromatic carbocycles. The van der Waals surface area contributed by atoms with Crippen molar-refractivity contribution in [2.24, 2.45) is 0 Å². The standard InChI is InChI=1S/C33H26N4O2/c1-4-12-25(13-5-1)23-38-31-21-29(35-22-32(31)39-24-26-14-6-2-7-15-26)30-20-28(27-16-8-3-9-17-27)36-37(30)33-18-10-11-19-34-33/h1-22H,23-24H2. The summed E-state index contributed by atoms with van der Waals surface area (Å²) >= 11 is 0. The van der Waals surface area contributed by atoms with Gasteiger partial charge in [0.1, 0.15) is 13.2 Å². The van der Waals surface area contributed by atoms with E-state index in [1.807, 2.05) is 126 Å². The van der Waals surface area contributed by atoms with E-state index in [0.717, 1.165) is 28.1 Å². The topological polar surface area (TPSA) is 62.1 Å². The van der Waals surface area contributed by atoms with Crippen molar-refractivity contribution in [1.29, 1.82) is 0 Å². The summed E-state index contributed by atoms with van der Waals surface area (Å²) < 4.78 is 14.3. The van der Waals surface area contributed by atoms with E-state index in [1.54, 1.807) is 12.4 Å². The van der Waals surface area contributed by atoms with Gasteiger partial charge in [0.25, 0.3) is 0 Å². The number of rotatable bonds is 9. The van der Waals surface area contributed by atoms with E-state index in [0.29, 0.717) is 36.2 Å². The zero-order chi connectivity index (χ0) is 26.3. The smallest absolute Gasteiger partial charge is 0.179 e. The molecule has 0 aliphatic heterocycles. The molecule has 0 atom stereocenters. The van der Waals surface area contributed by atoms with Gasteiger partial charge in [0.2, 0.25) is 0 Å².